The first-order valence-corrected chi connectivity index (χ1v) is 4.39. The van der Waals surface area contributed by atoms with Gasteiger partial charge in [0, 0.05) is 0 Å². The first-order chi connectivity index (χ1) is 3.47. The molecule has 0 fully saturated rings. The lowest BCUT2D eigenvalue weighted by Gasteiger charge is -1.78. The van der Waals surface area contributed by atoms with Gasteiger partial charge in [-0.05, 0) is 10.2 Å². The van der Waals surface area contributed by atoms with Gasteiger partial charge in [0.15, 0.2) is 5.82 Å². The molecule has 2 heterocycles. The fraction of sp³-hybridized carbons (Fsp3) is 0.333. The van der Waals surface area contributed by atoms with Gasteiger partial charge in [-0.3, -0.25) is 0 Å². The predicted molar refractivity (Wildman–Crippen MR) is 30.7 cm³/mol. The quantitative estimate of drug-likeness (QED) is 0.409. The molecule has 3 nitrogen and oxygen atoms in total. The number of hydrogen-bond donors (Lipinski definition) is 0. The van der Waals surface area contributed by atoms with E-state index in [4.69, 9.17) is 0 Å². The van der Waals surface area contributed by atoms with Crippen molar-refractivity contribution in [2.75, 3.05) is 0 Å². The molecule has 0 N–H and O–H groups in total. The molecular weight excluding hydrogens is 106 g/mol. The Hall–Kier alpha value is -0.643. The molecule has 38 valence electrons. The Bertz CT molecular complexity index is 135. The summed E-state index contributed by atoms with van der Waals surface area (Å²) in [7, 11) is 1.31. The molecule has 2 aliphatic heterocycles. The fourth-order valence-electron chi connectivity index (χ4n) is 0.280. The highest BCUT2D eigenvalue weighted by Gasteiger charge is 2.14. The Kier molecular flexibility index (Phi) is 0.939. The van der Waals surface area contributed by atoms with Crippen LogP contribution < -0.4 is 0 Å². The van der Waals surface area contributed by atoms with Crippen LogP contribution in [0.2, 0.25) is 6.55 Å². The molecule has 0 saturated heterocycles. The maximum absolute atomic E-state index is 3.56. The van der Waals surface area contributed by atoms with E-state index < -0.39 is 0 Å². The maximum Gasteiger partial charge on any atom is 0.197 e. The lowest BCUT2D eigenvalue weighted by molar-refractivity contribution is 0.738. The molecule has 0 spiro atoms. The van der Waals surface area contributed by atoms with Crippen molar-refractivity contribution < 1.29 is 0 Å². The normalized spacial score (nSPS) is 9.86. The summed E-state index contributed by atoms with van der Waals surface area (Å²) in [5.41, 5.74) is 0. The zero-order valence-electron chi connectivity index (χ0n) is 4.42. The van der Waals surface area contributed by atoms with Crippen molar-refractivity contribution in [1.29, 1.82) is 0 Å². The second-order valence-electron chi connectivity index (χ2n) is 1.02. The summed E-state index contributed by atoms with van der Waals surface area (Å²) in [5, 5.41) is 7.06. The molecule has 0 saturated carbocycles. The average molecular weight is 113 g/mol. The highest BCUT2D eigenvalue weighted by molar-refractivity contribution is 6.05. The number of aromatic nitrogens is 3. The monoisotopic (exact) mass is 113 g/mol. The molecule has 0 unspecified atom stereocenters. The Morgan fingerprint density at radius 1 is 1.71 bits per heavy atom. The smallest absolute Gasteiger partial charge is 0.197 e. The van der Waals surface area contributed by atoms with Gasteiger partial charge in [-0.1, -0.05) is 11.8 Å². The van der Waals surface area contributed by atoms with Crippen molar-refractivity contribution in [3.8, 4) is 5.82 Å². The third-order valence-corrected chi connectivity index (χ3v) is 0.648. The fourth-order valence-corrected chi connectivity index (χ4v) is 0.280. The summed E-state index contributed by atoms with van der Waals surface area (Å²) in [4.78, 5) is 0. The van der Waals surface area contributed by atoms with E-state index >= 15 is 0 Å². The predicted octanol–water partition coefficient (Wildman–Crippen LogP) is -1.02. The van der Waals surface area contributed by atoms with Gasteiger partial charge in [0.2, 0.25) is 0 Å². The van der Waals surface area contributed by atoms with Crippen LogP contribution in [-0.4, -0.2) is 25.2 Å². The topological polar surface area (TPSA) is 30.7 Å². The number of nitrogens with zero attached hydrogens (tertiary/aromatic N) is 3. The second-order valence-corrected chi connectivity index (χ2v) is 1.02. The molecule has 0 aliphatic carbocycles. The van der Waals surface area contributed by atoms with Crippen LogP contribution in [0.3, 0.4) is 0 Å². The van der Waals surface area contributed by atoms with E-state index in [1.165, 1.54) is 10.2 Å². The van der Waals surface area contributed by atoms with Crippen molar-refractivity contribution in [3.05, 3.63) is 6.20 Å². The molecule has 0 radical (unpaired) electrons. The highest BCUT2D eigenvalue weighted by atomic mass is 28.1. The van der Waals surface area contributed by atoms with E-state index in [2.05, 4.69) is 16.9 Å². The van der Waals surface area contributed by atoms with Crippen molar-refractivity contribution in [3.63, 3.8) is 0 Å². The minimum Gasteiger partial charge on any atom is -0.197 e. The third kappa shape index (κ3) is 0.563. The first-order valence-electron chi connectivity index (χ1n) is 2.39. The van der Waals surface area contributed by atoms with Crippen LogP contribution >= 0.6 is 0 Å². The number of rotatable bonds is 0. The molecule has 0 aromatic heterocycles. The Labute approximate surface area is 44.8 Å². The molecule has 7 heavy (non-hydrogen) atoms. The SMILES string of the molecule is C[SiH3].c1c2nnn1-2. The average Bonchev–Trinajstić information content (AvgIpc) is 2.21. The molecule has 0 aromatic carbocycles. The Morgan fingerprint density at radius 2 is 2.29 bits per heavy atom. The van der Waals surface area contributed by atoms with Crippen LogP contribution in [0.1, 0.15) is 0 Å². The standard InChI is InChI=1S/C2HN3.CH6Si/c1-2-3-4-5(1)2;1-2/h1H;1-2H3. The summed E-state index contributed by atoms with van der Waals surface area (Å²) >= 11 is 0. The van der Waals surface area contributed by atoms with E-state index in [-0.39, 0.29) is 0 Å². The molecule has 0 bridgehead atoms. The van der Waals surface area contributed by atoms with Crippen LogP contribution in [0.4, 0.5) is 0 Å². The summed E-state index contributed by atoms with van der Waals surface area (Å²) in [6.07, 6.45) is 1.86. The van der Waals surface area contributed by atoms with E-state index in [1.807, 2.05) is 6.20 Å². The minimum atomic E-state index is 1.02. The van der Waals surface area contributed by atoms with E-state index in [9.17, 15) is 0 Å². The Balaban J connectivity index is 0.000000112. The van der Waals surface area contributed by atoms with Crippen molar-refractivity contribution >= 4 is 10.2 Å². The lowest BCUT2D eigenvalue weighted by atomic mass is 11.0. The van der Waals surface area contributed by atoms with Gasteiger partial charge in [-0.2, -0.15) is 4.68 Å². The molecule has 0 amide bonds. The van der Waals surface area contributed by atoms with Crippen LogP contribution in [-0.2, 0) is 0 Å². The molecule has 0 atom stereocenters. The van der Waals surface area contributed by atoms with Gasteiger partial charge in [-0.25, -0.2) is 0 Å². The largest absolute Gasteiger partial charge is 0.197 e. The van der Waals surface area contributed by atoms with Crippen LogP contribution in [0.5, 0.6) is 0 Å². The van der Waals surface area contributed by atoms with Gasteiger partial charge in [0.05, 0.1) is 6.20 Å². The van der Waals surface area contributed by atoms with Crippen molar-refractivity contribution in [2.24, 2.45) is 0 Å². The second kappa shape index (κ2) is 1.46. The van der Waals surface area contributed by atoms with Gasteiger partial charge >= 0.3 is 0 Å². The van der Waals surface area contributed by atoms with E-state index in [0.29, 0.717) is 0 Å². The van der Waals surface area contributed by atoms with E-state index in [0.717, 1.165) is 5.82 Å². The van der Waals surface area contributed by atoms with Crippen LogP contribution in [0, 0.1) is 0 Å². The third-order valence-electron chi connectivity index (χ3n) is 0.648. The summed E-state index contributed by atoms with van der Waals surface area (Å²) in [6, 6.07) is 0. The summed E-state index contributed by atoms with van der Waals surface area (Å²) in [5.74, 6) is 1.02. The molecule has 2 aliphatic rings. The highest BCUT2D eigenvalue weighted by Crippen LogP contribution is 2.10. The molecular formula is C3H7N3Si. The van der Waals surface area contributed by atoms with Gasteiger partial charge in [-0.15, -0.1) is 5.10 Å². The van der Waals surface area contributed by atoms with Crippen LogP contribution in [0.25, 0.3) is 5.82 Å². The zero-order chi connectivity index (χ0) is 5.28. The minimum absolute atomic E-state index is 1.02. The maximum atomic E-state index is 3.56. The first kappa shape index (κ1) is 4.51. The van der Waals surface area contributed by atoms with E-state index in [1.54, 1.807) is 4.68 Å². The number of hydrogen-bond acceptors (Lipinski definition) is 2. The Morgan fingerprint density at radius 3 is 2.29 bits per heavy atom. The molecule has 4 heteroatoms. The van der Waals surface area contributed by atoms with Crippen molar-refractivity contribution in [1.82, 2.24) is 15.0 Å². The lowest BCUT2D eigenvalue weighted by Crippen LogP contribution is -1.92. The summed E-state index contributed by atoms with van der Waals surface area (Å²) < 4.78 is 1.72. The van der Waals surface area contributed by atoms with Crippen LogP contribution in [0.15, 0.2) is 6.20 Å². The zero-order valence-corrected chi connectivity index (χ0v) is 6.42. The van der Waals surface area contributed by atoms with Gasteiger partial charge in [0.1, 0.15) is 0 Å². The molecule has 0 aromatic rings. The van der Waals surface area contributed by atoms with Crippen molar-refractivity contribution in [2.45, 2.75) is 6.55 Å². The van der Waals surface area contributed by atoms with Gasteiger partial charge in [0.25, 0.3) is 0 Å². The molecule has 2 rings (SSSR count). The summed E-state index contributed by atoms with van der Waals surface area (Å²) in [6.45, 7) is 2.14. The van der Waals surface area contributed by atoms with Gasteiger partial charge < -0.3 is 0 Å². The number of fused-ring (bicyclic) bond motifs is 1.